The molecule has 16 heavy (non-hydrogen) atoms. The highest BCUT2D eigenvalue weighted by molar-refractivity contribution is 5.43. The van der Waals surface area contributed by atoms with Crippen molar-refractivity contribution in [3.05, 3.63) is 29.6 Å². The van der Waals surface area contributed by atoms with E-state index in [9.17, 15) is 4.39 Å². The molecule has 1 aromatic rings. The lowest BCUT2D eigenvalue weighted by Crippen LogP contribution is -2.16. The average Bonchev–Trinajstić information content (AvgIpc) is 2.79. The Morgan fingerprint density at radius 2 is 2.44 bits per heavy atom. The second kappa shape index (κ2) is 4.95. The zero-order valence-corrected chi connectivity index (χ0v) is 8.78. The number of rotatable bonds is 3. The maximum Gasteiger partial charge on any atom is 0.144 e. The molecule has 0 aromatic heterocycles. The van der Waals surface area contributed by atoms with Crippen LogP contribution >= 0.6 is 0 Å². The molecule has 0 N–H and O–H groups in total. The van der Waals surface area contributed by atoms with Crippen LogP contribution in [0.4, 0.5) is 4.39 Å². The van der Waals surface area contributed by atoms with Gasteiger partial charge in [0, 0.05) is 6.61 Å². The zero-order chi connectivity index (χ0) is 11.4. The molecule has 0 spiro atoms. The second-order valence-electron chi connectivity index (χ2n) is 3.67. The molecule has 4 heteroatoms. The van der Waals surface area contributed by atoms with E-state index in [0.717, 1.165) is 19.4 Å². The predicted molar refractivity (Wildman–Crippen MR) is 55.6 cm³/mol. The Labute approximate surface area is 93.4 Å². The van der Waals surface area contributed by atoms with E-state index < -0.39 is 5.82 Å². The molecule has 1 heterocycles. The normalized spacial score (nSPS) is 19.4. The van der Waals surface area contributed by atoms with E-state index in [1.54, 1.807) is 12.1 Å². The van der Waals surface area contributed by atoms with E-state index in [1.165, 1.54) is 12.1 Å². The highest BCUT2D eigenvalue weighted by atomic mass is 19.1. The summed E-state index contributed by atoms with van der Waals surface area (Å²) < 4.78 is 24.0. The van der Waals surface area contributed by atoms with E-state index in [0.29, 0.717) is 6.61 Å². The molecule has 1 unspecified atom stereocenters. The average molecular weight is 221 g/mol. The summed E-state index contributed by atoms with van der Waals surface area (Å²) in [6.07, 6.45) is 2.05. The van der Waals surface area contributed by atoms with E-state index in [2.05, 4.69) is 0 Å². The van der Waals surface area contributed by atoms with Gasteiger partial charge < -0.3 is 9.47 Å². The maximum absolute atomic E-state index is 13.2. The van der Waals surface area contributed by atoms with Gasteiger partial charge in [-0.3, -0.25) is 0 Å². The lowest BCUT2D eigenvalue weighted by atomic mass is 10.2. The summed E-state index contributed by atoms with van der Waals surface area (Å²) in [6, 6.07) is 6.17. The third kappa shape index (κ3) is 2.31. The van der Waals surface area contributed by atoms with Crippen molar-refractivity contribution in [2.24, 2.45) is 0 Å². The van der Waals surface area contributed by atoms with Gasteiger partial charge in [-0.15, -0.1) is 0 Å². The first-order valence-electron chi connectivity index (χ1n) is 5.24. The first-order chi connectivity index (χ1) is 7.81. The SMILES string of the molecule is N#Cc1c(F)cccc1OCC1CCCO1. The number of ether oxygens (including phenoxy) is 2. The summed E-state index contributed by atoms with van der Waals surface area (Å²) in [5.41, 5.74) is -0.0412. The van der Waals surface area contributed by atoms with Gasteiger partial charge in [-0.25, -0.2) is 4.39 Å². The monoisotopic (exact) mass is 221 g/mol. The molecule has 2 rings (SSSR count). The van der Waals surface area contributed by atoms with Gasteiger partial charge in [0.05, 0.1) is 6.10 Å². The van der Waals surface area contributed by atoms with Crippen molar-refractivity contribution in [1.29, 1.82) is 5.26 Å². The van der Waals surface area contributed by atoms with Crippen molar-refractivity contribution in [2.45, 2.75) is 18.9 Å². The summed E-state index contributed by atoms with van der Waals surface area (Å²) in [5, 5.41) is 8.79. The standard InChI is InChI=1S/C12H12FNO2/c13-11-4-1-5-12(10(11)7-14)16-8-9-3-2-6-15-9/h1,4-5,9H,2-3,6,8H2. The highest BCUT2D eigenvalue weighted by Gasteiger charge is 2.17. The minimum atomic E-state index is -0.549. The molecular formula is C12H12FNO2. The quantitative estimate of drug-likeness (QED) is 0.786. The number of halogens is 1. The van der Waals surface area contributed by atoms with Crippen LogP contribution in [0.1, 0.15) is 18.4 Å². The number of nitriles is 1. The Morgan fingerprint density at radius 1 is 1.56 bits per heavy atom. The number of hydrogen-bond acceptors (Lipinski definition) is 3. The Kier molecular flexibility index (Phi) is 3.37. The molecule has 0 saturated carbocycles. The van der Waals surface area contributed by atoms with Crippen LogP contribution in [0.25, 0.3) is 0 Å². The summed E-state index contributed by atoms with van der Waals surface area (Å²) >= 11 is 0. The largest absolute Gasteiger partial charge is 0.489 e. The van der Waals surface area contributed by atoms with Crippen LogP contribution in [0.5, 0.6) is 5.75 Å². The van der Waals surface area contributed by atoms with Gasteiger partial charge in [-0.1, -0.05) is 6.07 Å². The van der Waals surface area contributed by atoms with Gasteiger partial charge in [0.1, 0.15) is 29.8 Å². The van der Waals surface area contributed by atoms with E-state index in [4.69, 9.17) is 14.7 Å². The van der Waals surface area contributed by atoms with Crippen LogP contribution in [0.2, 0.25) is 0 Å². The molecule has 0 bridgehead atoms. The fourth-order valence-corrected chi connectivity index (χ4v) is 1.69. The topological polar surface area (TPSA) is 42.2 Å². The minimum absolute atomic E-state index is 0.0412. The van der Waals surface area contributed by atoms with Crippen molar-refractivity contribution in [1.82, 2.24) is 0 Å². The van der Waals surface area contributed by atoms with Crippen molar-refractivity contribution in [3.63, 3.8) is 0 Å². The number of hydrogen-bond donors (Lipinski definition) is 0. The van der Waals surface area contributed by atoms with Crippen LogP contribution in [-0.4, -0.2) is 19.3 Å². The molecule has 1 atom stereocenters. The van der Waals surface area contributed by atoms with Gasteiger partial charge >= 0.3 is 0 Å². The number of nitrogens with zero attached hydrogens (tertiary/aromatic N) is 1. The van der Waals surface area contributed by atoms with Crippen LogP contribution in [-0.2, 0) is 4.74 Å². The fourth-order valence-electron chi connectivity index (χ4n) is 1.69. The third-order valence-electron chi connectivity index (χ3n) is 2.54. The molecule has 0 aliphatic carbocycles. The van der Waals surface area contributed by atoms with Gasteiger partial charge in [-0.2, -0.15) is 5.26 Å². The van der Waals surface area contributed by atoms with Crippen LogP contribution in [0, 0.1) is 17.1 Å². The molecule has 84 valence electrons. The minimum Gasteiger partial charge on any atom is -0.489 e. The Morgan fingerprint density at radius 3 is 3.12 bits per heavy atom. The van der Waals surface area contributed by atoms with Crippen molar-refractivity contribution >= 4 is 0 Å². The molecule has 1 saturated heterocycles. The summed E-state index contributed by atoms with van der Waals surface area (Å²) in [6.45, 7) is 1.13. The second-order valence-corrected chi connectivity index (χ2v) is 3.67. The van der Waals surface area contributed by atoms with E-state index in [-0.39, 0.29) is 17.4 Å². The lowest BCUT2D eigenvalue weighted by molar-refractivity contribution is 0.0677. The van der Waals surface area contributed by atoms with Crippen LogP contribution < -0.4 is 4.74 Å². The van der Waals surface area contributed by atoms with Crippen LogP contribution in [0.15, 0.2) is 18.2 Å². The molecule has 1 aromatic carbocycles. The molecular weight excluding hydrogens is 209 g/mol. The van der Waals surface area contributed by atoms with E-state index in [1.807, 2.05) is 0 Å². The zero-order valence-electron chi connectivity index (χ0n) is 8.78. The molecule has 1 fully saturated rings. The Hall–Kier alpha value is -1.60. The third-order valence-corrected chi connectivity index (χ3v) is 2.54. The van der Waals surface area contributed by atoms with Crippen molar-refractivity contribution < 1.29 is 13.9 Å². The molecule has 1 aliphatic rings. The van der Waals surface area contributed by atoms with Gasteiger partial charge in [0.15, 0.2) is 0 Å². The Bertz CT molecular complexity index is 408. The highest BCUT2D eigenvalue weighted by Crippen LogP contribution is 2.21. The first-order valence-corrected chi connectivity index (χ1v) is 5.24. The first kappa shape index (κ1) is 10.9. The predicted octanol–water partition coefficient (Wildman–Crippen LogP) is 2.26. The summed E-state index contributed by atoms with van der Waals surface area (Å²) in [4.78, 5) is 0. The molecule has 3 nitrogen and oxygen atoms in total. The maximum atomic E-state index is 13.2. The molecule has 0 radical (unpaired) electrons. The summed E-state index contributed by atoms with van der Waals surface area (Å²) in [7, 11) is 0. The fraction of sp³-hybridized carbons (Fsp3) is 0.417. The van der Waals surface area contributed by atoms with Crippen molar-refractivity contribution in [2.75, 3.05) is 13.2 Å². The lowest BCUT2D eigenvalue weighted by Gasteiger charge is -2.12. The van der Waals surface area contributed by atoms with Crippen molar-refractivity contribution in [3.8, 4) is 11.8 Å². The molecule has 0 amide bonds. The molecule has 1 aliphatic heterocycles. The van der Waals surface area contributed by atoms with Crippen LogP contribution in [0.3, 0.4) is 0 Å². The van der Waals surface area contributed by atoms with E-state index >= 15 is 0 Å². The number of benzene rings is 1. The Balaban J connectivity index is 2.03. The van der Waals surface area contributed by atoms with Gasteiger partial charge in [0.2, 0.25) is 0 Å². The van der Waals surface area contributed by atoms with Gasteiger partial charge in [0.25, 0.3) is 0 Å². The smallest absolute Gasteiger partial charge is 0.144 e. The van der Waals surface area contributed by atoms with Gasteiger partial charge in [-0.05, 0) is 25.0 Å². The summed E-state index contributed by atoms with van der Waals surface area (Å²) in [5.74, 6) is -0.259.